The topological polar surface area (TPSA) is 28.3 Å². The molecule has 0 spiro atoms. The van der Waals surface area contributed by atoms with E-state index in [9.17, 15) is 0 Å². The SMILES string of the molecule is CC1(C)OB(c2c(-n3c4ccccc4c4ccccc43)cccc2-n2c3ccccc3c3ccccc32)OC1(C)C. The van der Waals surface area contributed by atoms with Crippen molar-refractivity contribution >= 4 is 56.2 Å². The molecule has 4 nitrogen and oxygen atoms in total. The highest BCUT2D eigenvalue weighted by Crippen LogP contribution is 2.40. The number of hydrogen-bond donors (Lipinski definition) is 0. The number of benzene rings is 5. The van der Waals surface area contributed by atoms with Gasteiger partial charge in [0.05, 0.1) is 33.3 Å². The minimum absolute atomic E-state index is 0.482. The van der Waals surface area contributed by atoms with Gasteiger partial charge in [0.2, 0.25) is 0 Å². The smallest absolute Gasteiger partial charge is 0.399 e. The van der Waals surface area contributed by atoms with Gasteiger partial charge in [-0.2, -0.15) is 0 Å². The summed E-state index contributed by atoms with van der Waals surface area (Å²) in [6.07, 6.45) is 0. The van der Waals surface area contributed by atoms with Crippen LogP contribution in [0.1, 0.15) is 27.7 Å². The van der Waals surface area contributed by atoms with Crippen molar-refractivity contribution in [3.63, 3.8) is 0 Å². The van der Waals surface area contributed by atoms with Crippen LogP contribution in [0, 0.1) is 0 Å². The van der Waals surface area contributed by atoms with E-state index in [0.717, 1.165) is 38.9 Å². The zero-order chi connectivity index (χ0) is 27.9. The second-order valence-electron chi connectivity index (χ2n) is 12.0. The second-order valence-corrected chi connectivity index (χ2v) is 12.0. The van der Waals surface area contributed by atoms with Crippen molar-refractivity contribution in [2.24, 2.45) is 0 Å². The van der Waals surface area contributed by atoms with Gasteiger partial charge in [0.25, 0.3) is 0 Å². The molecular formula is C36H31BN2O2. The lowest BCUT2D eigenvalue weighted by Crippen LogP contribution is -2.41. The minimum Gasteiger partial charge on any atom is -0.399 e. The van der Waals surface area contributed by atoms with Crippen LogP contribution in [0.15, 0.2) is 115 Å². The average Bonchev–Trinajstić information content (AvgIpc) is 3.56. The molecular weight excluding hydrogens is 503 g/mol. The van der Waals surface area contributed by atoms with Gasteiger partial charge in [-0.1, -0.05) is 78.9 Å². The monoisotopic (exact) mass is 534 g/mol. The molecule has 0 atom stereocenters. The van der Waals surface area contributed by atoms with Crippen LogP contribution in [0.5, 0.6) is 0 Å². The third-order valence-electron chi connectivity index (χ3n) is 9.19. The van der Waals surface area contributed by atoms with Crippen molar-refractivity contribution in [3.8, 4) is 11.4 Å². The van der Waals surface area contributed by atoms with E-state index in [1.807, 2.05) is 0 Å². The van der Waals surface area contributed by atoms with Crippen LogP contribution in [-0.4, -0.2) is 27.5 Å². The second kappa shape index (κ2) is 8.59. The summed E-state index contributed by atoms with van der Waals surface area (Å²) in [7, 11) is -0.564. The molecule has 0 N–H and O–H groups in total. The lowest BCUT2D eigenvalue weighted by Gasteiger charge is -2.32. The van der Waals surface area contributed by atoms with E-state index in [1.165, 1.54) is 21.5 Å². The fraction of sp³-hybridized carbons (Fsp3) is 0.167. The zero-order valence-corrected chi connectivity index (χ0v) is 23.8. The Labute approximate surface area is 239 Å². The van der Waals surface area contributed by atoms with Gasteiger partial charge in [-0.25, -0.2) is 0 Å². The van der Waals surface area contributed by atoms with E-state index in [2.05, 4.69) is 152 Å². The van der Waals surface area contributed by atoms with E-state index in [1.54, 1.807) is 0 Å². The van der Waals surface area contributed by atoms with Gasteiger partial charge in [0.1, 0.15) is 0 Å². The Bertz CT molecular complexity index is 1880. The van der Waals surface area contributed by atoms with Crippen molar-refractivity contribution in [1.29, 1.82) is 0 Å². The van der Waals surface area contributed by atoms with Crippen LogP contribution in [0.4, 0.5) is 0 Å². The van der Waals surface area contributed by atoms with Crippen molar-refractivity contribution < 1.29 is 9.31 Å². The Kier molecular flexibility index (Phi) is 5.13. The summed E-state index contributed by atoms with van der Waals surface area (Å²) in [6, 6.07) is 41.1. The molecule has 41 heavy (non-hydrogen) atoms. The van der Waals surface area contributed by atoms with Gasteiger partial charge in [0.15, 0.2) is 0 Å². The molecule has 1 aliphatic heterocycles. The molecule has 0 amide bonds. The molecule has 1 aliphatic rings. The van der Waals surface area contributed by atoms with E-state index in [4.69, 9.17) is 9.31 Å². The molecule has 1 fully saturated rings. The van der Waals surface area contributed by atoms with Crippen LogP contribution in [0.25, 0.3) is 55.0 Å². The Morgan fingerprint density at radius 3 is 1.10 bits per heavy atom. The summed E-state index contributed by atoms with van der Waals surface area (Å²) in [5, 5.41) is 4.91. The first-order valence-corrected chi connectivity index (χ1v) is 14.3. The summed E-state index contributed by atoms with van der Waals surface area (Å²) in [5.74, 6) is 0. The van der Waals surface area contributed by atoms with E-state index < -0.39 is 18.3 Å². The Morgan fingerprint density at radius 2 is 0.756 bits per heavy atom. The molecule has 5 heteroatoms. The first-order chi connectivity index (χ1) is 19.9. The van der Waals surface area contributed by atoms with Crippen LogP contribution >= 0.6 is 0 Å². The summed E-state index contributed by atoms with van der Waals surface area (Å²) >= 11 is 0. The number of para-hydroxylation sites is 4. The molecule has 0 aliphatic carbocycles. The lowest BCUT2D eigenvalue weighted by molar-refractivity contribution is 0.00578. The normalized spacial score (nSPS) is 16.4. The maximum Gasteiger partial charge on any atom is 0.499 e. The number of fused-ring (bicyclic) bond motifs is 6. The molecule has 0 unspecified atom stereocenters. The predicted molar refractivity (Wildman–Crippen MR) is 171 cm³/mol. The van der Waals surface area contributed by atoms with Crippen LogP contribution in [0.3, 0.4) is 0 Å². The predicted octanol–water partition coefficient (Wildman–Crippen LogP) is 8.18. The number of hydrogen-bond acceptors (Lipinski definition) is 2. The van der Waals surface area contributed by atoms with Crippen LogP contribution in [-0.2, 0) is 9.31 Å². The maximum absolute atomic E-state index is 6.83. The maximum atomic E-state index is 6.83. The van der Waals surface area contributed by atoms with Crippen molar-refractivity contribution in [2.45, 2.75) is 38.9 Å². The number of nitrogens with zero attached hydrogens (tertiary/aromatic N) is 2. The van der Waals surface area contributed by atoms with Gasteiger partial charge >= 0.3 is 7.12 Å². The molecule has 0 radical (unpaired) electrons. The van der Waals surface area contributed by atoms with Crippen molar-refractivity contribution in [3.05, 3.63) is 115 Å². The highest BCUT2D eigenvalue weighted by molar-refractivity contribution is 6.65. The van der Waals surface area contributed by atoms with E-state index >= 15 is 0 Å². The van der Waals surface area contributed by atoms with Crippen molar-refractivity contribution in [1.82, 2.24) is 9.13 Å². The Morgan fingerprint density at radius 1 is 0.439 bits per heavy atom. The van der Waals surface area contributed by atoms with Gasteiger partial charge in [-0.15, -0.1) is 0 Å². The Hall–Kier alpha value is -4.32. The van der Waals surface area contributed by atoms with Gasteiger partial charge in [-0.3, -0.25) is 0 Å². The molecule has 5 aromatic carbocycles. The quantitative estimate of drug-likeness (QED) is 0.214. The fourth-order valence-corrected chi connectivity index (χ4v) is 6.50. The highest BCUT2D eigenvalue weighted by Gasteiger charge is 2.53. The van der Waals surface area contributed by atoms with Crippen LogP contribution in [0.2, 0.25) is 0 Å². The number of aromatic nitrogens is 2. The van der Waals surface area contributed by atoms with Gasteiger partial charge < -0.3 is 18.4 Å². The summed E-state index contributed by atoms with van der Waals surface area (Å²) < 4.78 is 18.4. The first-order valence-electron chi connectivity index (χ1n) is 14.3. The molecule has 7 aromatic rings. The molecule has 200 valence electrons. The minimum atomic E-state index is -0.564. The third-order valence-corrected chi connectivity index (χ3v) is 9.19. The highest BCUT2D eigenvalue weighted by atomic mass is 16.7. The molecule has 8 rings (SSSR count). The van der Waals surface area contributed by atoms with E-state index in [-0.39, 0.29) is 0 Å². The van der Waals surface area contributed by atoms with Crippen LogP contribution < -0.4 is 5.46 Å². The average molecular weight is 534 g/mol. The molecule has 0 saturated carbocycles. The molecule has 1 saturated heterocycles. The molecule has 0 bridgehead atoms. The van der Waals surface area contributed by atoms with Crippen molar-refractivity contribution in [2.75, 3.05) is 0 Å². The first kappa shape index (κ1) is 24.5. The van der Waals surface area contributed by atoms with Gasteiger partial charge in [0, 0.05) is 38.4 Å². The molecule has 2 aromatic heterocycles. The summed E-state index contributed by atoms with van der Waals surface area (Å²) in [4.78, 5) is 0. The number of rotatable bonds is 3. The van der Waals surface area contributed by atoms with Gasteiger partial charge in [-0.05, 0) is 64.1 Å². The zero-order valence-electron chi connectivity index (χ0n) is 23.8. The summed E-state index contributed by atoms with van der Waals surface area (Å²) in [6.45, 7) is 8.48. The lowest BCUT2D eigenvalue weighted by atomic mass is 9.76. The Balaban J connectivity index is 1.52. The third kappa shape index (κ3) is 3.43. The fourth-order valence-electron chi connectivity index (χ4n) is 6.50. The van der Waals surface area contributed by atoms with E-state index in [0.29, 0.717) is 0 Å². The standard InChI is InChI=1S/C36H31BN2O2/c1-35(2)36(3,4)41-37(40-35)34-32(38-28-18-9-5-14-24(28)25-15-6-10-19-29(25)38)22-13-23-33(34)39-30-20-11-7-16-26(30)27-17-8-12-21-31(27)39/h5-23H,1-4H3. The largest absolute Gasteiger partial charge is 0.499 e. The molecule has 3 heterocycles. The summed E-state index contributed by atoms with van der Waals surface area (Å²) in [5.41, 5.74) is 6.80.